The van der Waals surface area contributed by atoms with E-state index >= 15 is 0 Å². The smallest absolute Gasteiger partial charge is 0.326 e. The third-order valence-electron chi connectivity index (χ3n) is 3.94. The summed E-state index contributed by atoms with van der Waals surface area (Å²) in [7, 11) is 2.00. The molecule has 0 aromatic heterocycles. The van der Waals surface area contributed by atoms with Gasteiger partial charge in [-0.2, -0.15) is 0 Å². The van der Waals surface area contributed by atoms with E-state index in [9.17, 15) is 33.1 Å². The fourth-order valence-corrected chi connectivity index (χ4v) is 2.48. The van der Waals surface area contributed by atoms with Gasteiger partial charge in [-0.05, 0) is 12.1 Å². The number of benzene rings is 1. The Morgan fingerprint density at radius 3 is 1.96 bits per heavy atom. The number of rotatable bonds is 8. The van der Waals surface area contributed by atoms with Crippen LogP contribution in [0.3, 0.4) is 0 Å². The molecule has 0 bridgehead atoms. The van der Waals surface area contributed by atoms with Crippen molar-refractivity contribution in [3.8, 4) is 0 Å². The van der Waals surface area contributed by atoms with Gasteiger partial charge in [0, 0.05) is 11.5 Å². The number of ether oxygens (including phenoxy) is 2. The molecule has 0 aliphatic carbocycles. The second kappa shape index (κ2) is 9.60. The second-order valence-electron chi connectivity index (χ2n) is 5.64. The van der Waals surface area contributed by atoms with Gasteiger partial charge < -0.3 is 19.9 Å². The molecule has 1 aromatic rings. The first-order chi connectivity index (χ1) is 12.6. The fraction of sp³-hybridized carbons (Fsp3) is 0.412. The van der Waals surface area contributed by atoms with Gasteiger partial charge in [0.1, 0.15) is 17.7 Å². The van der Waals surface area contributed by atoms with Gasteiger partial charge >= 0.3 is 17.9 Å². The first kappa shape index (κ1) is 22.0. The Bertz CT molecular complexity index is 702. The number of carboxylic acid groups (broad SMARTS) is 1. The van der Waals surface area contributed by atoms with Crippen molar-refractivity contribution >= 4 is 23.8 Å². The molecule has 0 saturated carbocycles. The molecule has 0 saturated heterocycles. The Morgan fingerprint density at radius 2 is 1.56 bits per heavy atom. The van der Waals surface area contributed by atoms with E-state index in [2.05, 4.69) is 14.8 Å². The molecule has 1 aromatic carbocycles. The van der Waals surface area contributed by atoms with Crippen LogP contribution in [-0.2, 0) is 35.1 Å². The van der Waals surface area contributed by atoms with Crippen molar-refractivity contribution in [2.45, 2.75) is 19.4 Å². The average molecular weight is 387 g/mol. The lowest BCUT2D eigenvalue weighted by atomic mass is 9.87. The molecule has 0 unspecified atom stereocenters. The van der Waals surface area contributed by atoms with Crippen LogP contribution >= 0.6 is 0 Å². The van der Waals surface area contributed by atoms with Gasteiger partial charge in [-0.25, -0.2) is 13.6 Å². The highest BCUT2D eigenvalue weighted by molar-refractivity contribution is 5.96. The van der Waals surface area contributed by atoms with Gasteiger partial charge in [-0.15, -0.1) is 0 Å². The molecule has 0 heterocycles. The Hall–Kier alpha value is -3.04. The molecule has 8 nitrogen and oxygen atoms in total. The van der Waals surface area contributed by atoms with Crippen LogP contribution in [0.1, 0.15) is 12.5 Å². The zero-order valence-electron chi connectivity index (χ0n) is 14.8. The van der Waals surface area contributed by atoms with E-state index in [0.29, 0.717) is 0 Å². The quantitative estimate of drug-likeness (QED) is 0.497. The summed E-state index contributed by atoms with van der Waals surface area (Å²) in [6, 6.07) is 1.31. The molecule has 0 aliphatic heterocycles. The molecule has 10 heteroatoms. The number of carbonyl (C=O) groups is 4. The summed E-state index contributed by atoms with van der Waals surface area (Å²) in [4.78, 5) is 47.3. The number of halogens is 2. The normalized spacial score (nSPS) is 12.8. The molecule has 0 aliphatic rings. The van der Waals surface area contributed by atoms with Crippen molar-refractivity contribution in [1.82, 2.24) is 5.32 Å². The number of aliphatic carboxylic acids is 1. The summed E-state index contributed by atoms with van der Waals surface area (Å²) >= 11 is 0. The monoisotopic (exact) mass is 387 g/mol. The molecular weight excluding hydrogens is 368 g/mol. The number of esters is 2. The van der Waals surface area contributed by atoms with Crippen molar-refractivity contribution < 1.29 is 42.5 Å². The zero-order chi connectivity index (χ0) is 20.7. The van der Waals surface area contributed by atoms with Crippen molar-refractivity contribution in [1.29, 1.82) is 0 Å². The van der Waals surface area contributed by atoms with E-state index < -0.39 is 65.3 Å². The first-order valence-electron chi connectivity index (χ1n) is 7.74. The molecule has 0 radical (unpaired) electrons. The topological polar surface area (TPSA) is 119 Å². The summed E-state index contributed by atoms with van der Waals surface area (Å²) < 4.78 is 36.2. The maximum atomic E-state index is 13.6. The van der Waals surface area contributed by atoms with Crippen LogP contribution in [0.15, 0.2) is 18.2 Å². The zero-order valence-corrected chi connectivity index (χ0v) is 14.8. The van der Waals surface area contributed by atoms with Gasteiger partial charge in [0.15, 0.2) is 5.92 Å². The Kier molecular flexibility index (Phi) is 7.82. The minimum absolute atomic E-state index is 0.538. The second-order valence-corrected chi connectivity index (χ2v) is 5.64. The number of amides is 1. The molecule has 1 amide bonds. The van der Waals surface area contributed by atoms with E-state index in [-0.39, 0.29) is 0 Å². The minimum atomic E-state index is -1.71. The van der Waals surface area contributed by atoms with Crippen LogP contribution in [0, 0.1) is 23.5 Å². The van der Waals surface area contributed by atoms with Crippen molar-refractivity contribution in [2.24, 2.45) is 11.8 Å². The van der Waals surface area contributed by atoms with E-state index in [1.54, 1.807) is 0 Å². The summed E-state index contributed by atoms with van der Waals surface area (Å²) in [5, 5.41) is 11.4. The van der Waals surface area contributed by atoms with Crippen molar-refractivity contribution in [3.05, 3.63) is 35.4 Å². The van der Waals surface area contributed by atoms with E-state index in [1.807, 2.05) is 0 Å². The first-order valence-corrected chi connectivity index (χ1v) is 7.74. The highest BCUT2D eigenvalue weighted by Gasteiger charge is 2.42. The van der Waals surface area contributed by atoms with Crippen molar-refractivity contribution in [3.63, 3.8) is 0 Å². The summed E-state index contributed by atoms with van der Waals surface area (Å²) in [6.07, 6.45) is -0.768. The van der Waals surface area contributed by atoms with E-state index in [1.165, 1.54) is 6.92 Å². The van der Waals surface area contributed by atoms with Crippen LogP contribution in [0.2, 0.25) is 0 Å². The van der Waals surface area contributed by atoms with Crippen LogP contribution < -0.4 is 5.32 Å². The number of nitrogens with one attached hydrogen (secondary N) is 1. The van der Waals surface area contributed by atoms with Gasteiger partial charge in [0.05, 0.1) is 20.6 Å². The predicted molar refractivity (Wildman–Crippen MR) is 86.3 cm³/mol. The maximum Gasteiger partial charge on any atom is 0.326 e. The van der Waals surface area contributed by atoms with Gasteiger partial charge in [0.25, 0.3) is 0 Å². The Morgan fingerprint density at radius 1 is 1.07 bits per heavy atom. The largest absolute Gasteiger partial charge is 0.480 e. The molecule has 1 rings (SSSR count). The molecule has 27 heavy (non-hydrogen) atoms. The predicted octanol–water partition coefficient (Wildman–Crippen LogP) is 0.675. The average Bonchev–Trinajstić information content (AvgIpc) is 2.62. The summed E-state index contributed by atoms with van der Waals surface area (Å²) in [6.45, 7) is 1.22. The molecule has 0 fully saturated rings. The third kappa shape index (κ3) is 5.47. The lowest BCUT2D eigenvalue weighted by molar-refractivity contribution is -0.163. The van der Waals surface area contributed by atoms with Crippen LogP contribution in [0.25, 0.3) is 0 Å². The molecular formula is C17H19F2NO7. The third-order valence-corrected chi connectivity index (χ3v) is 3.94. The van der Waals surface area contributed by atoms with Gasteiger partial charge in [0.2, 0.25) is 5.91 Å². The lowest BCUT2D eigenvalue weighted by Gasteiger charge is -2.26. The number of carbonyl (C=O) groups excluding carboxylic acids is 3. The molecule has 2 atom stereocenters. The van der Waals surface area contributed by atoms with Crippen LogP contribution in [0.5, 0.6) is 0 Å². The summed E-state index contributed by atoms with van der Waals surface area (Å²) in [5.74, 6) is -9.47. The molecule has 148 valence electrons. The minimum Gasteiger partial charge on any atom is -0.480 e. The van der Waals surface area contributed by atoms with E-state index in [4.69, 9.17) is 0 Å². The number of carboxylic acids is 1. The Balaban J connectivity index is 3.03. The number of hydrogen-bond donors (Lipinski definition) is 2. The highest BCUT2D eigenvalue weighted by Crippen LogP contribution is 2.20. The maximum absolute atomic E-state index is 13.6. The highest BCUT2D eigenvalue weighted by atomic mass is 19.1. The van der Waals surface area contributed by atoms with Crippen LogP contribution in [-0.4, -0.2) is 49.2 Å². The SMILES string of the molecule is COC(=O)C(C(=O)OC)[C@H](C)[C@@H](NC(=O)Cc1c(F)cccc1F)C(=O)O. The standard InChI is InChI=1S/C17H19F2NO7/c1-8(13(16(24)26-2)17(25)27-3)14(15(22)23)20-12(21)7-9-10(18)5-4-6-11(9)19/h4-6,8,13-14H,7H2,1-3H3,(H,20,21)(H,22,23)/t8-,14+/m0/s1. The van der Waals surface area contributed by atoms with Crippen LogP contribution in [0.4, 0.5) is 8.78 Å². The number of methoxy groups -OCH3 is 2. The van der Waals surface area contributed by atoms with Crippen molar-refractivity contribution in [2.75, 3.05) is 14.2 Å². The van der Waals surface area contributed by atoms with E-state index in [0.717, 1.165) is 32.4 Å². The Labute approximate surface area is 153 Å². The van der Waals surface area contributed by atoms with Gasteiger partial charge in [-0.1, -0.05) is 13.0 Å². The number of hydrogen-bond acceptors (Lipinski definition) is 6. The van der Waals surface area contributed by atoms with Gasteiger partial charge in [-0.3, -0.25) is 14.4 Å². The summed E-state index contributed by atoms with van der Waals surface area (Å²) in [5.41, 5.74) is -0.538. The fourth-order valence-electron chi connectivity index (χ4n) is 2.48. The molecule has 0 spiro atoms. The molecule has 2 N–H and O–H groups in total. The lowest BCUT2D eigenvalue weighted by Crippen LogP contribution is -2.51.